The monoisotopic (exact) mass is 313 g/mol. The molecule has 4 aromatic rings. The third-order valence-electron chi connectivity index (χ3n) is 4.31. The van der Waals surface area contributed by atoms with Crippen LogP contribution in [0, 0.1) is 11.3 Å². The van der Waals surface area contributed by atoms with Crippen LogP contribution in [-0.4, -0.2) is 14.5 Å². The van der Waals surface area contributed by atoms with Crippen LogP contribution < -0.4 is 5.73 Å². The summed E-state index contributed by atoms with van der Waals surface area (Å²) in [6.07, 6.45) is 0. The number of nitriles is 1. The predicted octanol–water partition coefficient (Wildman–Crippen LogP) is 3.65. The van der Waals surface area contributed by atoms with Gasteiger partial charge in [0, 0.05) is 0 Å². The summed E-state index contributed by atoms with van der Waals surface area (Å²) in [5, 5.41) is 9.54. The smallest absolute Gasteiger partial charge is 0.162 e. The highest BCUT2D eigenvalue weighted by Crippen LogP contribution is 2.32. The number of aromatic nitrogens is 3. The van der Waals surface area contributed by atoms with Gasteiger partial charge in [-0.15, -0.1) is 0 Å². The van der Waals surface area contributed by atoms with E-state index in [1.54, 1.807) is 0 Å². The number of fused-ring (bicyclic) bond motifs is 2. The fourth-order valence-electron chi connectivity index (χ4n) is 3.07. The molecule has 0 saturated carbocycles. The van der Waals surface area contributed by atoms with E-state index in [4.69, 9.17) is 10.7 Å². The molecule has 0 aliphatic rings. The molecule has 4 rings (SSSR count). The van der Waals surface area contributed by atoms with Crippen molar-refractivity contribution in [1.82, 2.24) is 14.5 Å². The summed E-state index contributed by atoms with van der Waals surface area (Å²) >= 11 is 0. The van der Waals surface area contributed by atoms with Crippen molar-refractivity contribution < 1.29 is 0 Å². The van der Waals surface area contributed by atoms with Gasteiger partial charge < -0.3 is 10.3 Å². The molecular formula is C19H15N5. The van der Waals surface area contributed by atoms with Crippen LogP contribution in [0.4, 0.5) is 5.82 Å². The van der Waals surface area contributed by atoms with Gasteiger partial charge in [0.05, 0.1) is 17.1 Å². The molecule has 5 nitrogen and oxygen atoms in total. The second-order valence-electron chi connectivity index (χ2n) is 5.71. The highest BCUT2D eigenvalue weighted by molar-refractivity contribution is 5.92. The lowest BCUT2D eigenvalue weighted by Gasteiger charge is -2.17. The minimum atomic E-state index is -0.0498. The predicted molar refractivity (Wildman–Crippen MR) is 94.4 cm³/mol. The molecule has 2 heterocycles. The number of nitrogens with zero attached hydrogens (tertiary/aromatic N) is 4. The normalized spacial score (nSPS) is 12.3. The maximum atomic E-state index is 9.54. The first-order chi connectivity index (χ1) is 11.7. The summed E-state index contributed by atoms with van der Waals surface area (Å²) in [4.78, 5) is 9.34. The second kappa shape index (κ2) is 5.36. The molecule has 0 amide bonds. The average Bonchev–Trinajstić information content (AvgIpc) is 2.90. The van der Waals surface area contributed by atoms with Crippen LogP contribution in [0.3, 0.4) is 0 Å². The van der Waals surface area contributed by atoms with E-state index in [0.717, 1.165) is 16.6 Å². The highest BCUT2D eigenvalue weighted by Gasteiger charge is 2.22. The Morgan fingerprint density at radius 3 is 2.29 bits per heavy atom. The van der Waals surface area contributed by atoms with Gasteiger partial charge in [-0.25, -0.2) is 9.97 Å². The van der Waals surface area contributed by atoms with Crippen LogP contribution in [0.15, 0.2) is 54.6 Å². The van der Waals surface area contributed by atoms with E-state index >= 15 is 0 Å². The quantitative estimate of drug-likeness (QED) is 0.612. The van der Waals surface area contributed by atoms with Crippen molar-refractivity contribution in [3.05, 3.63) is 65.7 Å². The molecule has 0 bridgehead atoms. The average molecular weight is 313 g/mol. The van der Waals surface area contributed by atoms with Crippen LogP contribution >= 0.6 is 0 Å². The first-order valence-electron chi connectivity index (χ1n) is 7.72. The molecule has 5 heteroatoms. The first kappa shape index (κ1) is 14.2. The van der Waals surface area contributed by atoms with Crippen molar-refractivity contribution in [2.24, 2.45) is 0 Å². The maximum Gasteiger partial charge on any atom is 0.162 e. The van der Waals surface area contributed by atoms with Gasteiger partial charge in [-0.1, -0.05) is 42.5 Å². The molecule has 2 aromatic heterocycles. The summed E-state index contributed by atoms with van der Waals surface area (Å²) in [5.74, 6) is 0.402. The largest absolute Gasteiger partial charge is 0.384 e. The number of anilines is 1. The van der Waals surface area contributed by atoms with Gasteiger partial charge in [-0.2, -0.15) is 5.26 Å². The molecule has 24 heavy (non-hydrogen) atoms. The van der Waals surface area contributed by atoms with Gasteiger partial charge in [0.2, 0.25) is 0 Å². The van der Waals surface area contributed by atoms with Gasteiger partial charge in [0.25, 0.3) is 0 Å². The molecule has 116 valence electrons. The molecule has 0 aliphatic carbocycles. The zero-order valence-corrected chi connectivity index (χ0v) is 13.1. The first-order valence-corrected chi connectivity index (χ1v) is 7.72. The SMILES string of the molecule is C[C@@H](c1ccccc1)n1c(N)c(C#N)c2nc3ccccc3nc21. The summed E-state index contributed by atoms with van der Waals surface area (Å²) in [7, 11) is 0. The number of hydrogen-bond acceptors (Lipinski definition) is 4. The molecule has 2 N–H and O–H groups in total. The van der Waals surface area contributed by atoms with E-state index in [2.05, 4.69) is 11.1 Å². The Morgan fingerprint density at radius 1 is 1.00 bits per heavy atom. The lowest BCUT2D eigenvalue weighted by Crippen LogP contribution is -2.10. The van der Waals surface area contributed by atoms with Crippen molar-refractivity contribution in [3.63, 3.8) is 0 Å². The topological polar surface area (TPSA) is 80.5 Å². The van der Waals surface area contributed by atoms with Crippen LogP contribution in [0.2, 0.25) is 0 Å². The minimum Gasteiger partial charge on any atom is -0.384 e. The molecule has 0 radical (unpaired) electrons. The summed E-state index contributed by atoms with van der Waals surface area (Å²) in [5.41, 5.74) is 10.5. The lowest BCUT2D eigenvalue weighted by molar-refractivity contribution is 0.667. The fourth-order valence-corrected chi connectivity index (χ4v) is 3.07. The zero-order valence-electron chi connectivity index (χ0n) is 13.1. The third kappa shape index (κ3) is 2.01. The number of benzene rings is 2. The fraction of sp³-hybridized carbons (Fsp3) is 0.105. The van der Waals surface area contributed by atoms with Crippen molar-refractivity contribution in [3.8, 4) is 6.07 Å². The van der Waals surface area contributed by atoms with Crippen molar-refractivity contribution in [2.45, 2.75) is 13.0 Å². The van der Waals surface area contributed by atoms with E-state index in [9.17, 15) is 5.26 Å². The Kier molecular flexibility index (Phi) is 3.17. The van der Waals surface area contributed by atoms with Crippen LogP contribution in [0.25, 0.3) is 22.2 Å². The Hall–Kier alpha value is -3.39. The second-order valence-corrected chi connectivity index (χ2v) is 5.71. The van der Waals surface area contributed by atoms with Gasteiger partial charge in [-0.3, -0.25) is 0 Å². The number of nitrogens with two attached hydrogens (primary N) is 1. The molecule has 0 saturated heterocycles. The standard InChI is InChI=1S/C19H15N5/c1-12(13-7-3-2-4-8-13)24-18(21)14(11-20)17-19(24)23-16-10-6-5-9-15(16)22-17/h2-10,12H,21H2,1H3/t12-/m0/s1. The highest BCUT2D eigenvalue weighted by atomic mass is 15.1. The number of rotatable bonds is 2. The van der Waals surface area contributed by atoms with E-state index in [-0.39, 0.29) is 6.04 Å². The molecule has 0 aliphatic heterocycles. The van der Waals surface area contributed by atoms with Gasteiger partial charge in [-0.05, 0) is 24.6 Å². The summed E-state index contributed by atoms with van der Waals surface area (Å²) in [6, 6.07) is 19.8. The van der Waals surface area contributed by atoms with Crippen molar-refractivity contribution >= 4 is 28.0 Å². The van der Waals surface area contributed by atoms with E-state index < -0.39 is 0 Å². The summed E-state index contributed by atoms with van der Waals surface area (Å²) in [6.45, 7) is 2.04. The van der Waals surface area contributed by atoms with E-state index in [1.807, 2.05) is 66.1 Å². The third-order valence-corrected chi connectivity index (χ3v) is 4.31. The maximum absolute atomic E-state index is 9.54. The molecule has 0 fully saturated rings. The summed E-state index contributed by atoms with van der Waals surface area (Å²) < 4.78 is 1.89. The van der Waals surface area contributed by atoms with Crippen LogP contribution in [-0.2, 0) is 0 Å². The Labute approximate surface area is 139 Å². The van der Waals surface area contributed by atoms with Gasteiger partial charge in [0.1, 0.15) is 23.0 Å². The number of hydrogen-bond donors (Lipinski definition) is 1. The molecule has 2 aromatic carbocycles. The van der Waals surface area contributed by atoms with Crippen molar-refractivity contribution in [2.75, 3.05) is 5.73 Å². The van der Waals surface area contributed by atoms with Gasteiger partial charge >= 0.3 is 0 Å². The Bertz CT molecular complexity index is 1090. The van der Waals surface area contributed by atoms with Crippen LogP contribution in [0.1, 0.15) is 24.1 Å². The van der Waals surface area contributed by atoms with E-state index in [0.29, 0.717) is 22.5 Å². The lowest BCUT2D eigenvalue weighted by atomic mass is 10.1. The Balaban J connectivity index is 2.06. The van der Waals surface area contributed by atoms with Crippen LogP contribution in [0.5, 0.6) is 0 Å². The van der Waals surface area contributed by atoms with Crippen molar-refractivity contribution in [1.29, 1.82) is 5.26 Å². The Morgan fingerprint density at radius 2 is 1.62 bits per heavy atom. The molecule has 0 unspecified atom stereocenters. The number of para-hydroxylation sites is 2. The van der Waals surface area contributed by atoms with Gasteiger partial charge in [0.15, 0.2) is 5.65 Å². The molecular weight excluding hydrogens is 298 g/mol. The molecule has 1 atom stereocenters. The van der Waals surface area contributed by atoms with E-state index in [1.165, 1.54) is 0 Å². The number of nitrogen functional groups attached to an aromatic ring is 1. The minimum absolute atomic E-state index is 0.0498. The zero-order chi connectivity index (χ0) is 16.7. The molecule has 0 spiro atoms.